The number of hydrogen-bond acceptors (Lipinski definition) is 6. The summed E-state index contributed by atoms with van der Waals surface area (Å²) < 4.78 is 5.46. The van der Waals surface area contributed by atoms with Gasteiger partial charge in [0.1, 0.15) is 0 Å². The number of nitrogens with zero attached hydrogens (tertiary/aromatic N) is 1. The van der Waals surface area contributed by atoms with Crippen LogP contribution in [0, 0.1) is 0 Å². The number of cyclic esters (lactones) is 1. The molecule has 0 spiro atoms. The standard InChI is InChI=1S/C22H19N3O4S/c1-13(26)23-16-9-7-14(8-10-16)18-12-30-21(24-18)25-20(28)22(2)11-15-5-3-4-6-17(15)19(27)29-22/h3-10,12H,11H2,1-2H3,(H,23,26)(H,24,25,28)/t22-/m1/s1. The van der Waals surface area contributed by atoms with Crippen LogP contribution in [0.1, 0.15) is 29.8 Å². The summed E-state index contributed by atoms with van der Waals surface area (Å²) in [5.41, 5.74) is 2.21. The van der Waals surface area contributed by atoms with E-state index in [-0.39, 0.29) is 5.91 Å². The number of hydrogen-bond donors (Lipinski definition) is 2. The number of esters is 1. The van der Waals surface area contributed by atoms with Gasteiger partial charge in [-0.2, -0.15) is 0 Å². The third-order valence-corrected chi connectivity index (χ3v) is 5.55. The molecule has 2 amide bonds. The van der Waals surface area contributed by atoms with Crippen molar-refractivity contribution in [1.29, 1.82) is 0 Å². The van der Waals surface area contributed by atoms with Gasteiger partial charge in [0.05, 0.1) is 11.3 Å². The summed E-state index contributed by atoms with van der Waals surface area (Å²) in [5.74, 6) is -1.07. The molecule has 1 aliphatic rings. The lowest BCUT2D eigenvalue weighted by Crippen LogP contribution is -2.48. The molecule has 0 saturated carbocycles. The van der Waals surface area contributed by atoms with Crippen LogP contribution in [0.5, 0.6) is 0 Å². The van der Waals surface area contributed by atoms with E-state index in [0.717, 1.165) is 11.1 Å². The molecule has 2 N–H and O–H groups in total. The number of carbonyl (C=O) groups excluding carboxylic acids is 3. The third kappa shape index (κ3) is 3.95. The van der Waals surface area contributed by atoms with Crippen molar-refractivity contribution in [3.63, 3.8) is 0 Å². The number of carbonyl (C=O) groups is 3. The zero-order valence-corrected chi connectivity index (χ0v) is 17.2. The van der Waals surface area contributed by atoms with Crippen molar-refractivity contribution >= 4 is 39.9 Å². The molecular formula is C22H19N3O4S. The highest BCUT2D eigenvalue weighted by atomic mass is 32.1. The van der Waals surface area contributed by atoms with Gasteiger partial charge in [-0.25, -0.2) is 9.78 Å². The number of ether oxygens (including phenoxy) is 1. The maximum Gasteiger partial charge on any atom is 0.339 e. The first-order chi connectivity index (χ1) is 14.3. The molecule has 1 aliphatic heterocycles. The van der Waals surface area contributed by atoms with E-state index in [1.807, 2.05) is 29.6 Å². The summed E-state index contributed by atoms with van der Waals surface area (Å²) in [7, 11) is 0. The topological polar surface area (TPSA) is 97.4 Å². The van der Waals surface area contributed by atoms with Crippen molar-refractivity contribution < 1.29 is 19.1 Å². The van der Waals surface area contributed by atoms with E-state index in [9.17, 15) is 14.4 Å². The van der Waals surface area contributed by atoms with Gasteiger partial charge in [-0.15, -0.1) is 11.3 Å². The molecule has 4 rings (SSSR count). The molecule has 152 valence electrons. The number of benzene rings is 2. The average molecular weight is 421 g/mol. The molecule has 1 aromatic heterocycles. The fourth-order valence-electron chi connectivity index (χ4n) is 3.28. The van der Waals surface area contributed by atoms with Gasteiger partial charge in [0.25, 0.3) is 5.91 Å². The monoisotopic (exact) mass is 421 g/mol. The van der Waals surface area contributed by atoms with Crippen LogP contribution < -0.4 is 10.6 Å². The van der Waals surface area contributed by atoms with Gasteiger partial charge in [0, 0.05) is 30.0 Å². The Bertz CT molecular complexity index is 1140. The molecule has 8 heteroatoms. The van der Waals surface area contributed by atoms with Crippen molar-refractivity contribution in [1.82, 2.24) is 4.98 Å². The highest BCUT2D eigenvalue weighted by Gasteiger charge is 2.42. The summed E-state index contributed by atoms with van der Waals surface area (Å²) in [5, 5.41) is 7.72. The van der Waals surface area contributed by atoms with Gasteiger partial charge in [-0.1, -0.05) is 30.3 Å². The second-order valence-corrected chi connectivity index (χ2v) is 8.06. The van der Waals surface area contributed by atoms with Gasteiger partial charge in [0.15, 0.2) is 10.7 Å². The normalized spacial score (nSPS) is 17.6. The third-order valence-electron chi connectivity index (χ3n) is 4.79. The molecule has 2 heterocycles. The molecule has 3 aromatic rings. The summed E-state index contributed by atoms with van der Waals surface area (Å²) in [6, 6.07) is 14.4. The van der Waals surface area contributed by atoms with E-state index < -0.39 is 17.5 Å². The van der Waals surface area contributed by atoms with Crippen molar-refractivity contribution in [2.45, 2.75) is 25.9 Å². The lowest BCUT2D eigenvalue weighted by Gasteiger charge is -2.32. The minimum absolute atomic E-state index is 0.138. The van der Waals surface area contributed by atoms with Gasteiger partial charge < -0.3 is 10.1 Å². The fourth-order valence-corrected chi connectivity index (χ4v) is 3.99. The summed E-state index contributed by atoms with van der Waals surface area (Å²) in [4.78, 5) is 40.8. The molecule has 1 atom stereocenters. The molecule has 0 radical (unpaired) electrons. The Labute approximate surface area is 177 Å². The SMILES string of the molecule is CC(=O)Nc1ccc(-c2csc(NC(=O)[C@@]3(C)Cc4ccccc4C(=O)O3)n2)cc1. The van der Waals surface area contributed by atoms with Crippen LogP contribution in [0.2, 0.25) is 0 Å². The summed E-state index contributed by atoms with van der Waals surface area (Å²) in [6.45, 7) is 3.05. The Kier molecular flexibility index (Phi) is 5.09. The lowest BCUT2D eigenvalue weighted by molar-refractivity contribution is -0.134. The summed E-state index contributed by atoms with van der Waals surface area (Å²) in [6.07, 6.45) is 0.295. The van der Waals surface area contributed by atoms with E-state index >= 15 is 0 Å². The molecule has 0 saturated heterocycles. The maximum atomic E-state index is 12.9. The minimum atomic E-state index is -1.31. The predicted molar refractivity (Wildman–Crippen MR) is 114 cm³/mol. The zero-order valence-electron chi connectivity index (χ0n) is 16.4. The Morgan fingerprint density at radius 3 is 2.57 bits per heavy atom. The van der Waals surface area contributed by atoms with E-state index in [0.29, 0.717) is 28.5 Å². The van der Waals surface area contributed by atoms with Crippen LogP contribution in [-0.4, -0.2) is 28.4 Å². The smallest absolute Gasteiger partial charge is 0.339 e. The highest BCUT2D eigenvalue weighted by molar-refractivity contribution is 7.14. The Morgan fingerprint density at radius 2 is 1.83 bits per heavy atom. The van der Waals surface area contributed by atoms with Crippen molar-refractivity contribution in [3.8, 4) is 11.3 Å². The van der Waals surface area contributed by atoms with Crippen molar-refractivity contribution in [2.24, 2.45) is 0 Å². The number of rotatable bonds is 4. The Balaban J connectivity index is 1.48. The molecule has 0 fully saturated rings. The molecule has 2 aromatic carbocycles. The number of aromatic nitrogens is 1. The Morgan fingerprint density at radius 1 is 1.10 bits per heavy atom. The molecule has 30 heavy (non-hydrogen) atoms. The number of nitrogens with one attached hydrogen (secondary N) is 2. The largest absolute Gasteiger partial charge is 0.445 e. The second kappa shape index (κ2) is 7.72. The zero-order chi connectivity index (χ0) is 21.3. The maximum absolute atomic E-state index is 12.9. The predicted octanol–water partition coefficient (Wildman–Crippen LogP) is 3.88. The van der Waals surface area contributed by atoms with Gasteiger partial charge in [0.2, 0.25) is 5.91 Å². The molecule has 0 aliphatic carbocycles. The van der Waals surface area contributed by atoms with Crippen LogP contribution in [0.15, 0.2) is 53.9 Å². The lowest BCUT2D eigenvalue weighted by atomic mass is 9.89. The van der Waals surface area contributed by atoms with Gasteiger partial charge >= 0.3 is 5.97 Å². The van der Waals surface area contributed by atoms with Crippen LogP contribution in [0.25, 0.3) is 11.3 Å². The van der Waals surface area contributed by atoms with Crippen LogP contribution in [0.4, 0.5) is 10.8 Å². The number of amides is 2. The first kappa shape index (κ1) is 19.8. The van der Waals surface area contributed by atoms with Crippen molar-refractivity contribution in [3.05, 3.63) is 65.0 Å². The fraction of sp³-hybridized carbons (Fsp3) is 0.182. The first-order valence-electron chi connectivity index (χ1n) is 9.30. The number of fused-ring (bicyclic) bond motifs is 1. The molecule has 7 nitrogen and oxygen atoms in total. The number of thiazole rings is 1. The van der Waals surface area contributed by atoms with Gasteiger partial charge in [-0.3, -0.25) is 14.9 Å². The van der Waals surface area contributed by atoms with Crippen LogP contribution >= 0.6 is 11.3 Å². The Hall–Kier alpha value is -3.52. The molecular weight excluding hydrogens is 402 g/mol. The van der Waals surface area contributed by atoms with Crippen LogP contribution in [0.3, 0.4) is 0 Å². The average Bonchev–Trinajstić information content (AvgIpc) is 3.16. The quantitative estimate of drug-likeness (QED) is 0.623. The first-order valence-corrected chi connectivity index (χ1v) is 10.2. The molecule has 0 bridgehead atoms. The second-order valence-electron chi connectivity index (χ2n) is 7.20. The van der Waals surface area contributed by atoms with E-state index in [2.05, 4.69) is 15.6 Å². The number of anilines is 2. The van der Waals surface area contributed by atoms with E-state index in [4.69, 9.17) is 4.74 Å². The minimum Gasteiger partial charge on any atom is -0.445 e. The molecule has 0 unspecified atom stereocenters. The van der Waals surface area contributed by atoms with Crippen molar-refractivity contribution in [2.75, 3.05) is 10.6 Å². The summed E-state index contributed by atoms with van der Waals surface area (Å²) >= 11 is 1.28. The van der Waals surface area contributed by atoms with E-state index in [1.54, 1.807) is 31.2 Å². The van der Waals surface area contributed by atoms with Gasteiger partial charge in [-0.05, 0) is 30.7 Å². The van der Waals surface area contributed by atoms with E-state index in [1.165, 1.54) is 18.3 Å². The van der Waals surface area contributed by atoms with Crippen LogP contribution in [-0.2, 0) is 20.7 Å². The highest BCUT2D eigenvalue weighted by Crippen LogP contribution is 2.31.